The van der Waals surface area contributed by atoms with Gasteiger partial charge in [0.15, 0.2) is 5.96 Å². The number of carbonyl (C=O) groups excluding carboxylic acids is 1. The van der Waals surface area contributed by atoms with Crippen molar-refractivity contribution >= 4 is 23.2 Å². The second kappa shape index (κ2) is 10.3. The maximum atomic E-state index is 11.8. The highest BCUT2D eigenvalue weighted by atomic mass is 32.1. The van der Waals surface area contributed by atoms with Crippen molar-refractivity contribution in [3.8, 4) is 0 Å². The fraction of sp³-hybridized carbons (Fsp3) is 0.455. The molecular formula is C22H30N4OS. The number of amides is 1. The topological polar surface area (TPSA) is 56.7 Å². The summed E-state index contributed by atoms with van der Waals surface area (Å²) in [5.41, 5.74) is 2.35. The van der Waals surface area contributed by atoms with Gasteiger partial charge in [-0.05, 0) is 35.9 Å². The molecule has 0 radical (unpaired) electrons. The molecule has 1 aromatic heterocycles. The summed E-state index contributed by atoms with van der Waals surface area (Å²) < 4.78 is 0. The first kappa shape index (κ1) is 20.4. The number of benzene rings is 1. The standard InChI is InChI=1S/C22H30N4OS/c1-3-23-22(24-14-17(2)20-6-5-13-28-20)25-15-18-8-10-19(11-9-18)16-26-12-4-7-21(26)27/h5-6,8-11,13,17H,3-4,7,12,14-16H2,1-2H3,(H2,23,24,25). The van der Waals surface area contributed by atoms with E-state index in [1.165, 1.54) is 16.0 Å². The minimum absolute atomic E-state index is 0.270. The molecular weight excluding hydrogens is 368 g/mol. The average molecular weight is 399 g/mol. The summed E-state index contributed by atoms with van der Waals surface area (Å²) in [7, 11) is 0. The van der Waals surface area contributed by atoms with E-state index in [1.54, 1.807) is 11.3 Å². The normalized spacial score (nSPS) is 15.7. The predicted molar refractivity (Wildman–Crippen MR) is 117 cm³/mol. The van der Waals surface area contributed by atoms with Gasteiger partial charge in [-0.2, -0.15) is 0 Å². The van der Waals surface area contributed by atoms with E-state index in [1.807, 2.05) is 4.90 Å². The second-order valence-corrected chi connectivity index (χ2v) is 8.21. The summed E-state index contributed by atoms with van der Waals surface area (Å²) in [6.07, 6.45) is 1.68. The molecule has 0 saturated carbocycles. The Labute approximate surface area is 171 Å². The van der Waals surface area contributed by atoms with Gasteiger partial charge in [0.2, 0.25) is 5.91 Å². The SMILES string of the molecule is CCNC(=NCc1ccc(CN2CCCC2=O)cc1)NCC(C)c1cccs1. The van der Waals surface area contributed by atoms with Crippen LogP contribution in [0.4, 0.5) is 0 Å². The van der Waals surface area contributed by atoms with Gasteiger partial charge >= 0.3 is 0 Å². The first-order valence-electron chi connectivity index (χ1n) is 10.1. The smallest absolute Gasteiger partial charge is 0.222 e. The van der Waals surface area contributed by atoms with Gasteiger partial charge in [0.1, 0.15) is 0 Å². The number of nitrogens with one attached hydrogen (secondary N) is 2. The molecule has 1 fully saturated rings. The van der Waals surface area contributed by atoms with Crippen molar-refractivity contribution in [2.45, 2.75) is 45.7 Å². The molecule has 0 aliphatic carbocycles. The number of hydrogen-bond acceptors (Lipinski definition) is 3. The summed E-state index contributed by atoms with van der Waals surface area (Å²) in [6.45, 7) is 8.23. The van der Waals surface area contributed by atoms with E-state index in [9.17, 15) is 4.79 Å². The number of nitrogens with zero attached hydrogens (tertiary/aromatic N) is 2. The lowest BCUT2D eigenvalue weighted by molar-refractivity contribution is -0.128. The van der Waals surface area contributed by atoms with Crippen LogP contribution in [0.3, 0.4) is 0 Å². The molecule has 2 heterocycles. The molecule has 6 heteroatoms. The van der Waals surface area contributed by atoms with Crippen molar-refractivity contribution in [2.75, 3.05) is 19.6 Å². The minimum atomic E-state index is 0.270. The molecule has 0 bridgehead atoms. The zero-order valence-electron chi connectivity index (χ0n) is 16.8. The number of likely N-dealkylation sites (tertiary alicyclic amines) is 1. The van der Waals surface area contributed by atoms with Gasteiger partial charge in [0, 0.05) is 43.4 Å². The number of rotatable bonds is 8. The number of thiophene rings is 1. The van der Waals surface area contributed by atoms with Gasteiger partial charge in [-0.1, -0.05) is 37.3 Å². The minimum Gasteiger partial charge on any atom is -0.357 e. The van der Waals surface area contributed by atoms with Crippen LogP contribution < -0.4 is 10.6 Å². The Hall–Kier alpha value is -2.34. The summed E-state index contributed by atoms with van der Waals surface area (Å²) >= 11 is 1.79. The van der Waals surface area contributed by atoms with Crippen molar-refractivity contribution in [1.29, 1.82) is 0 Å². The number of guanidine groups is 1. The van der Waals surface area contributed by atoms with Crippen molar-refractivity contribution in [1.82, 2.24) is 15.5 Å². The fourth-order valence-corrected chi connectivity index (χ4v) is 4.06. The Balaban J connectivity index is 1.52. The molecule has 1 aliphatic heterocycles. The molecule has 2 aromatic rings. The van der Waals surface area contributed by atoms with E-state index in [0.717, 1.165) is 32.0 Å². The van der Waals surface area contributed by atoms with Crippen molar-refractivity contribution in [2.24, 2.45) is 4.99 Å². The van der Waals surface area contributed by atoms with Gasteiger partial charge in [0.05, 0.1) is 6.54 Å². The van der Waals surface area contributed by atoms with Crippen LogP contribution >= 0.6 is 11.3 Å². The monoisotopic (exact) mass is 398 g/mol. The molecule has 150 valence electrons. The van der Waals surface area contributed by atoms with Crippen LogP contribution in [0, 0.1) is 0 Å². The van der Waals surface area contributed by atoms with E-state index in [4.69, 9.17) is 4.99 Å². The van der Waals surface area contributed by atoms with Crippen molar-refractivity contribution < 1.29 is 4.79 Å². The number of carbonyl (C=O) groups is 1. The van der Waals surface area contributed by atoms with Gasteiger partial charge in [-0.15, -0.1) is 11.3 Å². The fourth-order valence-electron chi connectivity index (χ4n) is 3.28. The highest BCUT2D eigenvalue weighted by Crippen LogP contribution is 2.19. The van der Waals surface area contributed by atoms with Crippen LogP contribution in [0.25, 0.3) is 0 Å². The molecule has 1 amide bonds. The number of hydrogen-bond donors (Lipinski definition) is 2. The van der Waals surface area contributed by atoms with Gasteiger partial charge < -0.3 is 15.5 Å². The molecule has 1 aromatic carbocycles. The third-order valence-electron chi connectivity index (χ3n) is 4.94. The Kier molecular flexibility index (Phi) is 7.48. The lowest BCUT2D eigenvalue weighted by Gasteiger charge is -2.16. The van der Waals surface area contributed by atoms with E-state index < -0.39 is 0 Å². The van der Waals surface area contributed by atoms with Gasteiger partial charge in [-0.25, -0.2) is 4.99 Å². The highest BCUT2D eigenvalue weighted by molar-refractivity contribution is 7.10. The summed E-state index contributed by atoms with van der Waals surface area (Å²) in [5.74, 6) is 1.57. The van der Waals surface area contributed by atoms with E-state index in [-0.39, 0.29) is 5.91 Å². The Bertz CT molecular complexity index is 770. The van der Waals surface area contributed by atoms with Crippen LogP contribution in [0.2, 0.25) is 0 Å². The third kappa shape index (κ3) is 5.83. The predicted octanol–water partition coefficient (Wildman–Crippen LogP) is 3.73. The van der Waals surface area contributed by atoms with Crippen LogP contribution in [0.1, 0.15) is 48.6 Å². The second-order valence-electron chi connectivity index (χ2n) is 7.23. The first-order valence-corrected chi connectivity index (χ1v) is 10.9. The van der Waals surface area contributed by atoms with Gasteiger partial charge in [0.25, 0.3) is 0 Å². The lowest BCUT2D eigenvalue weighted by Crippen LogP contribution is -2.39. The zero-order chi connectivity index (χ0) is 19.8. The van der Waals surface area contributed by atoms with Crippen LogP contribution in [0.5, 0.6) is 0 Å². The Morgan fingerprint density at radius 2 is 2.00 bits per heavy atom. The first-order chi connectivity index (χ1) is 13.7. The number of aliphatic imine (C=N–C) groups is 1. The molecule has 1 saturated heterocycles. The van der Waals surface area contributed by atoms with Crippen molar-refractivity contribution in [3.63, 3.8) is 0 Å². The summed E-state index contributed by atoms with van der Waals surface area (Å²) in [4.78, 5) is 19.8. The average Bonchev–Trinajstić information content (AvgIpc) is 3.37. The molecule has 1 unspecified atom stereocenters. The van der Waals surface area contributed by atoms with E-state index in [2.05, 4.69) is 66.3 Å². The van der Waals surface area contributed by atoms with E-state index in [0.29, 0.717) is 25.4 Å². The highest BCUT2D eigenvalue weighted by Gasteiger charge is 2.19. The van der Waals surface area contributed by atoms with Gasteiger partial charge in [-0.3, -0.25) is 4.79 Å². The maximum absolute atomic E-state index is 11.8. The molecule has 3 rings (SSSR count). The van der Waals surface area contributed by atoms with E-state index >= 15 is 0 Å². The molecule has 2 N–H and O–H groups in total. The van der Waals surface area contributed by atoms with Crippen LogP contribution in [-0.2, 0) is 17.9 Å². The van der Waals surface area contributed by atoms with Crippen molar-refractivity contribution in [3.05, 3.63) is 57.8 Å². The molecule has 1 aliphatic rings. The summed E-state index contributed by atoms with van der Waals surface area (Å²) in [6, 6.07) is 12.7. The molecule has 5 nitrogen and oxygen atoms in total. The quantitative estimate of drug-likeness (QED) is 0.526. The molecule has 0 spiro atoms. The Morgan fingerprint density at radius 3 is 2.64 bits per heavy atom. The van der Waals surface area contributed by atoms with Crippen LogP contribution in [-0.4, -0.2) is 36.4 Å². The molecule has 28 heavy (non-hydrogen) atoms. The Morgan fingerprint density at radius 1 is 1.21 bits per heavy atom. The zero-order valence-corrected chi connectivity index (χ0v) is 17.6. The molecule has 1 atom stereocenters. The summed E-state index contributed by atoms with van der Waals surface area (Å²) in [5, 5.41) is 8.88. The lowest BCUT2D eigenvalue weighted by atomic mass is 10.1. The third-order valence-corrected chi connectivity index (χ3v) is 6.04. The largest absolute Gasteiger partial charge is 0.357 e. The van der Waals surface area contributed by atoms with Crippen LogP contribution in [0.15, 0.2) is 46.8 Å². The maximum Gasteiger partial charge on any atom is 0.222 e.